The summed E-state index contributed by atoms with van der Waals surface area (Å²) < 4.78 is 5.31. The molecule has 0 aliphatic rings. The number of nitrogens with one attached hydrogen (secondary N) is 1. The quantitative estimate of drug-likeness (QED) is 0.804. The summed E-state index contributed by atoms with van der Waals surface area (Å²) in [4.78, 5) is 16.4. The van der Waals surface area contributed by atoms with Gasteiger partial charge in [0.1, 0.15) is 11.5 Å². The first-order chi connectivity index (χ1) is 10.5. The fourth-order valence-electron chi connectivity index (χ4n) is 2.32. The minimum absolute atomic E-state index is 0.158. The summed E-state index contributed by atoms with van der Waals surface area (Å²) >= 11 is 0. The van der Waals surface area contributed by atoms with Crippen LogP contribution in [-0.4, -0.2) is 16.0 Å². The molecule has 22 heavy (non-hydrogen) atoms. The van der Waals surface area contributed by atoms with Crippen molar-refractivity contribution in [1.29, 1.82) is 0 Å². The highest BCUT2D eigenvalue weighted by atomic mass is 16.5. The predicted molar refractivity (Wildman–Crippen MR) is 84.8 cm³/mol. The lowest BCUT2D eigenvalue weighted by atomic mass is 10.1. The van der Waals surface area contributed by atoms with E-state index in [0.717, 1.165) is 22.2 Å². The van der Waals surface area contributed by atoms with Crippen LogP contribution < -0.4 is 5.32 Å². The highest BCUT2D eigenvalue weighted by molar-refractivity contribution is 5.94. The second-order valence-electron chi connectivity index (χ2n) is 5.45. The van der Waals surface area contributed by atoms with E-state index in [2.05, 4.69) is 15.5 Å². The number of amides is 1. The molecule has 0 bridgehead atoms. The first-order valence-electron chi connectivity index (χ1n) is 7.12. The van der Waals surface area contributed by atoms with Crippen molar-refractivity contribution >= 4 is 22.7 Å². The minimum Gasteiger partial charge on any atom is -0.356 e. The number of benzene rings is 1. The lowest BCUT2D eigenvalue weighted by molar-refractivity contribution is -0.115. The van der Waals surface area contributed by atoms with E-state index < -0.39 is 0 Å². The molecular formula is C17H17N3O2. The Morgan fingerprint density at radius 3 is 2.73 bits per heavy atom. The molecule has 0 fully saturated rings. The Bertz CT molecular complexity index is 852. The number of hydrogen-bond donors (Lipinski definition) is 1. The van der Waals surface area contributed by atoms with E-state index >= 15 is 0 Å². The van der Waals surface area contributed by atoms with Crippen LogP contribution in [0.1, 0.15) is 22.5 Å². The van der Waals surface area contributed by atoms with Gasteiger partial charge in [0, 0.05) is 11.1 Å². The minimum atomic E-state index is -0.161. The van der Waals surface area contributed by atoms with E-state index in [-0.39, 0.29) is 12.3 Å². The van der Waals surface area contributed by atoms with Gasteiger partial charge in [-0.05, 0) is 56.2 Å². The number of pyridine rings is 1. The monoisotopic (exact) mass is 295 g/mol. The molecule has 0 unspecified atom stereocenters. The Hall–Kier alpha value is -2.69. The van der Waals surface area contributed by atoms with Crippen molar-refractivity contribution in [3.8, 4) is 0 Å². The Labute approximate surface area is 128 Å². The van der Waals surface area contributed by atoms with Crippen molar-refractivity contribution in [1.82, 2.24) is 10.1 Å². The summed E-state index contributed by atoms with van der Waals surface area (Å²) in [7, 11) is 0. The second kappa shape index (κ2) is 5.60. The van der Waals surface area contributed by atoms with Gasteiger partial charge in [-0.25, -0.2) is 4.98 Å². The van der Waals surface area contributed by atoms with E-state index in [0.29, 0.717) is 17.1 Å². The average Bonchev–Trinajstić information content (AvgIpc) is 2.81. The Morgan fingerprint density at radius 1 is 1.18 bits per heavy atom. The molecule has 0 spiro atoms. The average molecular weight is 295 g/mol. The van der Waals surface area contributed by atoms with Crippen LogP contribution in [0.2, 0.25) is 0 Å². The van der Waals surface area contributed by atoms with Crippen molar-refractivity contribution in [3.05, 3.63) is 52.8 Å². The Balaban J connectivity index is 1.81. The van der Waals surface area contributed by atoms with E-state index in [4.69, 9.17) is 4.52 Å². The molecule has 1 aromatic carbocycles. The third-order valence-electron chi connectivity index (χ3n) is 3.64. The molecule has 5 heteroatoms. The van der Waals surface area contributed by atoms with Crippen LogP contribution in [0.15, 0.2) is 34.9 Å². The highest BCUT2D eigenvalue weighted by Gasteiger charge is 2.14. The molecule has 3 rings (SSSR count). The van der Waals surface area contributed by atoms with Gasteiger partial charge < -0.3 is 9.84 Å². The van der Waals surface area contributed by atoms with E-state index in [1.54, 1.807) is 6.07 Å². The normalized spacial score (nSPS) is 10.9. The lowest BCUT2D eigenvalue weighted by Crippen LogP contribution is -2.15. The van der Waals surface area contributed by atoms with Crippen LogP contribution in [0, 0.1) is 20.8 Å². The summed E-state index contributed by atoms with van der Waals surface area (Å²) in [6.07, 6.45) is 0.158. The lowest BCUT2D eigenvalue weighted by Gasteiger charge is -2.04. The molecule has 1 N–H and O–H groups in total. The van der Waals surface area contributed by atoms with Crippen LogP contribution in [0.3, 0.4) is 0 Å². The van der Waals surface area contributed by atoms with Gasteiger partial charge in [0.15, 0.2) is 5.58 Å². The van der Waals surface area contributed by atoms with Crippen LogP contribution >= 0.6 is 0 Å². The molecule has 0 aliphatic heterocycles. The summed E-state index contributed by atoms with van der Waals surface area (Å²) in [6.45, 7) is 5.93. The molecular weight excluding hydrogens is 278 g/mol. The third-order valence-corrected chi connectivity index (χ3v) is 3.64. The van der Waals surface area contributed by atoms with E-state index in [9.17, 15) is 4.79 Å². The topological polar surface area (TPSA) is 68.0 Å². The molecule has 0 atom stereocenters. The zero-order chi connectivity index (χ0) is 15.7. The number of aromatic nitrogens is 2. The third kappa shape index (κ3) is 2.83. The largest absolute Gasteiger partial charge is 0.356 e. The molecule has 0 radical (unpaired) electrons. The Kier molecular flexibility index (Phi) is 3.63. The number of hydrogen-bond acceptors (Lipinski definition) is 4. The van der Waals surface area contributed by atoms with Crippen LogP contribution in [-0.2, 0) is 11.2 Å². The molecule has 2 aromatic heterocycles. The number of carbonyl (C=O) groups is 1. The molecule has 3 aromatic rings. The first-order valence-corrected chi connectivity index (χ1v) is 7.12. The molecule has 0 saturated heterocycles. The van der Waals surface area contributed by atoms with Crippen molar-refractivity contribution in [3.63, 3.8) is 0 Å². The fourth-order valence-corrected chi connectivity index (χ4v) is 2.32. The SMILES string of the molecule is Cc1cccc(NC(=O)Cc2noc3cc(C)c(C)cc23)n1. The molecule has 5 nitrogen and oxygen atoms in total. The maximum Gasteiger partial charge on any atom is 0.231 e. The van der Waals surface area contributed by atoms with Crippen molar-refractivity contribution in [2.45, 2.75) is 27.2 Å². The number of rotatable bonds is 3. The number of aryl methyl sites for hydroxylation is 3. The van der Waals surface area contributed by atoms with E-state index in [1.165, 1.54) is 0 Å². The van der Waals surface area contributed by atoms with Crippen LogP contribution in [0.5, 0.6) is 0 Å². The van der Waals surface area contributed by atoms with Gasteiger partial charge in [-0.2, -0.15) is 0 Å². The van der Waals surface area contributed by atoms with Crippen LogP contribution in [0.4, 0.5) is 5.82 Å². The predicted octanol–water partition coefficient (Wildman–Crippen LogP) is 3.33. The van der Waals surface area contributed by atoms with Gasteiger partial charge in [0.2, 0.25) is 5.91 Å². The number of carbonyl (C=O) groups excluding carboxylic acids is 1. The summed E-state index contributed by atoms with van der Waals surface area (Å²) in [5, 5.41) is 7.69. The van der Waals surface area contributed by atoms with Gasteiger partial charge in [0.25, 0.3) is 0 Å². The smallest absolute Gasteiger partial charge is 0.231 e. The summed E-state index contributed by atoms with van der Waals surface area (Å²) in [5.41, 5.74) is 4.50. The maximum atomic E-state index is 12.2. The van der Waals surface area contributed by atoms with Crippen molar-refractivity contribution in [2.24, 2.45) is 0 Å². The number of fused-ring (bicyclic) bond motifs is 1. The molecule has 2 heterocycles. The summed E-state index contributed by atoms with van der Waals surface area (Å²) in [6, 6.07) is 9.46. The van der Waals surface area contributed by atoms with Gasteiger partial charge in [0.05, 0.1) is 6.42 Å². The molecule has 112 valence electrons. The van der Waals surface area contributed by atoms with Gasteiger partial charge in [-0.15, -0.1) is 0 Å². The molecule has 0 saturated carbocycles. The zero-order valence-electron chi connectivity index (χ0n) is 12.8. The number of nitrogens with zero attached hydrogens (tertiary/aromatic N) is 2. The fraction of sp³-hybridized carbons (Fsp3) is 0.235. The maximum absolute atomic E-state index is 12.2. The van der Waals surface area contributed by atoms with Crippen LogP contribution in [0.25, 0.3) is 11.0 Å². The van der Waals surface area contributed by atoms with Crippen molar-refractivity contribution < 1.29 is 9.32 Å². The zero-order valence-corrected chi connectivity index (χ0v) is 12.8. The summed E-state index contributed by atoms with van der Waals surface area (Å²) in [5.74, 6) is 0.386. The number of anilines is 1. The van der Waals surface area contributed by atoms with Gasteiger partial charge in [-0.3, -0.25) is 4.79 Å². The van der Waals surface area contributed by atoms with Crippen molar-refractivity contribution in [2.75, 3.05) is 5.32 Å². The standard InChI is InChI=1S/C17H17N3O2/c1-10-7-13-14(20-22-15(13)8-11(10)2)9-17(21)19-16-6-4-5-12(3)18-16/h4-8H,9H2,1-3H3,(H,18,19,21). The highest BCUT2D eigenvalue weighted by Crippen LogP contribution is 2.23. The molecule has 0 aliphatic carbocycles. The first kappa shape index (κ1) is 14.3. The van der Waals surface area contributed by atoms with E-state index in [1.807, 2.05) is 45.0 Å². The second-order valence-corrected chi connectivity index (χ2v) is 5.45. The van der Waals surface area contributed by atoms with Gasteiger partial charge in [-0.1, -0.05) is 11.2 Å². The van der Waals surface area contributed by atoms with Gasteiger partial charge >= 0.3 is 0 Å². The Morgan fingerprint density at radius 2 is 1.95 bits per heavy atom. The molecule has 1 amide bonds.